The molecule has 0 saturated carbocycles. The Morgan fingerprint density at radius 1 is 1.38 bits per heavy atom. The first-order chi connectivity index (χ1) is 12.6. The minimum absolute atomic E-state index is 0.0365. The molecule has 1 aliphatic rings. The van der Waals surface area contributed by atoms with Gasteiger partial charge in [0.05, 0.1) is 19.1 Å². The second-order valence-corrected chi connectivity index (χ2v) is 7.54. The standard InChI is InChI=1S/C19H23N3O3S/c1-2-25-18(23)11-15-10-14-12-22(8-5-17(14)26-15)19(24)16(20)9-13-3-6-21-7-4-13/h3-4,6-7,10,16H,2,5,8-9,11-12,20H2,1H3. The molecule has 7 heteroatoms. The van der Waals surface area contributed by atoms with Gasteiger partial charge in [-0.25, -0.2) is 0 Å². The summed E-state index contributed by atoms with van der Waals surface area (Å²) in [4.78, 5) is 32.4. The second-order valence-electron chi connectivity index (χ2n) is 6.32. The monoisotopic (exact) mass is 373 g/mol. The molecule has 0 saturated heterocycles. The Morgan fingerprint density at radius 3 is 2.88 bits per heavy atom. The van der Waals surface area contributed by atoms with Crippen LogP contribution in [0.4, 0.5) is 0 Å². The van der Waals surface area contributed by atoms with E-state index in [1.54, 1.807) is 30.7 Å². The van der Waals surface area contributed by atoms with Crippen molar-refractivity contribution in [3.05, 3.63) is 51.5 Å². The van der Waals surface area contributed by atoms with Crippen LogP contribution in [0.2, 0.25) is 0 Å². The first-order valence-electron chi connectivity index (χ1n) is 8.76. The summed E-state index contributed by atoms with van der Waals surface area (Å²) >= 11 is 1.64. The van der Waals surface area contributed by atoms with Crippen LogP contribution < -0.4 is 5.73 Å². The number of nitrogens with zero attached hydrogens (tertiary/aromatic N) is 2. The minimum Gasteiger partial charge on any atom is -0.466 e. The lowest BCUT2D eigenvalue weighted by atomic mass is 10.0. The Morgan fingerprint density at radius 2 is 2.15 bits per heavy atom. The molecule has 1 atom stereocenters. The number of thiophene rings is 1. The molecule has 0 bridgehead atoms. The van der Waals surface area contributed by atoms with Gasteiger partial charge in [-0.15, -0.1) is 11.3 Å². The molecule has 0 fully saturated rings. The summed E-state index contributed by atoms with van der Waals surface area (Å²) in [7, 11) is 0. The average molecular weight is 373 g/mol. The number of ether oxygens (including phenoxy) is 1. The molecule has 2 aromatic heterocycles. The van der Waals surface area contributed by atoms with Crippen molar-refractivity contribution < 1.29 is 14.3 Å². The van der Waals surface area contributed by atoms with Crippen molar-refractivity contribution >= 4 is 23.2 Å². The SMILES string of the molecule is CCOC(=O)Cc1cc2c(s1)CCN(C(=O)C(N)Cc1ccncc1)C2. The predicted octanol–water partition coefficient (Wildman–Crippen LogP) is 1.70. The number of nitrogens with two attached hydrogens (primary N) is 1. The van der Waals surface area contributed by atoms with Crippen molar-refractivity contribution in [1.29, 1.82) is 0 Å². The van der Waals surface area contributed by atoms with E-state index in [1.165, 1.54) is 4.88 Å². The lowest BCUT2D eigenvalue weighted by Crippen LogP contribution is -2.46. The van der Waals surface area contributed by atoms with Crippen LogP contribution in [0.3, 0.4) is 0 Å². The van der Waals surface area contributed by atoms with Crippen LogP contribution in [0.15, 0.2) is 30.6 Å². The molecule has 0 spiro atoms. The minimum atomic E-state index is -0.559. The van der Waals surface area contributed by atoms with Crippen LogP contribution in [0.25, 0.3) is 0 Å². The Balaban J connectivity index is 1.61. The van der Waals surface area contributed by atoms with E-state index in [1.807, 2.05) is 23.1 Å². The van der Waals surface area contributed by atoms with Gasteiger partial charge >= 0.3 is 5.97 Å². The Labute approximate surface area is 157 Å². The van der Waals surface area contributed by atoms with Crippen molar-refractivity contribution in [2.45, 2.75) is 38.8 Å². The number of rotatable bonds is 6. The molecule has 1 unspecified atom stereocenters. The molecule has 2 aromatic rings. The first kappa shape index (κ1) is 18.5. The molecular formula is C19H23N3O3S. The highest BCUT2D eigenvalue weighted by Gasteiger charge is 2.26. The average Bonchev–Trinajstić information content (AvgIpc) is 3.03. The number of aromatic nitrogens is 1. The van der Waals surface area contributed by atoms with Gasteiger partial charge in [0, 0.05) is 35.2 Å². The number of carbonyl (C=O) groups excluding carboxylic acids is 2. The van der Waals surface area contributed by atoms with Gasteiger partial charge in [0.1, 0.15) is 0 Å². The Kier molecular flexibility index (Phi) is 6.00. The maximum absolute atomic E-state index is 12.7. The van der Waals surface area contributed by atoms with E-state index < -0.39 is 6.04 Å². The fourth-order valence-electron chi connectivity index (χ4n) is 3.12. The number of hydrogen-bond donors (Lipinski definition) is 1. The molecule has 6 nitrogen and oxygen atoms in total. The summed E-state index contributed by atoms with van der Waals surface area (Å²) in [6, 6.07) is 5.21. The number of carbonyl (C=O) groups is 2. The zero-order valence-electron chi connectivity index (χ0n) is 14.8. The molecule has 138 valence electrons. The highest BCUT2D eigenvalue weighted by molar-refractivity contribution is 7.12. The van der Waals surface area contributed by atoms with Gasteiger partial charge in [-0.3, -0.25) is 14.6 Å². The van der Waals surface area contributed by atoms with E-state index in [0.29, 0.717) is 32.5 Å². The van der Waals surface area contributed by atoms with Crippen molar-refractivity contribution in [3.63, 3.8) is 0 Å². The second kappa shape index (κ2) is 8.42. The molecule has 3 rings (SSSR count). The molecule has 0 aliphatic carbocycles. The third-order valence-corrected chi connectivity index (χ3v) is 5.61. The summed E-state index contributed by atoms with van der Waals surface area (Å²) in [6.45, 7) is 3.41. The van der Waals surface area contributed by atoms with Crippen molar-refractivity contribution in [2.24, 2.45) is 5.73 Å². The summed E-state index contributed by atoms with van der Waals surface area (Å²) in [6.07, 6.45) is 5.01. The number of amides is 1. The van der Waals surface area contributed by atoms with Crippen molar-refractivity contribution in [1.82, 2.24) is 9.88 Å². The third-order valence-electron chi connectivity index (χ3n) is 4.38. The summed E-state index contributed by atoms with van der Waals surface area (Å²) in [5.74, 6) is -0.246. The number of hydrogen-bond acceptors (Lipinski definition) is 6. The van der Waals surface area contributed by atoms with Gasteiger partial charge in [-0.2, -0.15) is 0 Å². The van der Waals surface area contributed by atoms with E-state index >= 15 is 0 Å². The van der Waals surface area contributed by atoms with Gasteiger partial charge < -0.3 is 15.4 Å². The lowest BCUT2D eigenvalue weighted by Gasteiger charge is -2.29. The van der Waals surface area contributed by atoms with E-state index in [9.17, 15) is 9.59 Å². The van der Waals surface area contributed by atoms with Gasteiger partial charge in [0.2, 0.25) is 5.91 Å². The van der Waals surface area contributed by atoms with Crippen molar-refractivity contribution in [3.8, 4) is 0 Å². The van der Waals surface area contributed by atoms with Gasteiger partial charge in [0.15, 0.2) is 0 Å². The molecule has 1 amide bonds. The Hall–Kier alpha value is -2.25. The number of fused-ring (bicyclic) bond motifs is 1. The van der Waals surface area contributed by atoms with Crippen LogP contribution >= 0.6 is 11.3 Å². The third kappa shape index (κ3) is 4.47. The van der Waals surface area contributed by atoms with E-state index in [0.717, 1.165) is 22.4 Å². The van der Waals surface area contributed by atoms with E-state index in [4.69, 9.17) is 10.5 Å². The van der Waals surface area contributed by atoms with Crippen LogP contribution in [0.5, 0.6) is 0 Å². The zero-order valence-corrected chi connectivity index (χ0v) is 15.6. The predicted molar refractivity (Wildman–Crippen MR) is 99.7 cm³/mol. The zero-order chi connectivity index (χ0) is 18.5. The van der Waals surface area contributed by atoms with Crippen LogP contribution in [-0.2, 0) is 40.1 Å². The largest absolute Gasteiger partial charge is 0.466 e. The quantitative estimate of drug-likeness (QED) is 0.779. The topological polar surface area (TPSA) is 85.5 Å². The maximum Gasteiger partial charge on any atom is 0.311 e. The van der Waals surface area contributed by atoms with Gasteiger partial charge in [0.25, 0.3) is 0 Å². The van der Waals surface area contributed by atoms with Gasteiger partial charge in [-0.05, 0) is 49.1 Å². The first-order valence-corrected chi connectivity index (χ1v) is 9.57. The summed E-state index contributed by atoms with van der Waals surface area (Å²) in [5, 5.41) is 0. The maximum atomic E-state index is 12.7. The molecule has 0 radical (unpaired) electrons. The molecular weight excluding hydrogens is 350 g/mol. The van der Waals surface area contributed by atoms with Gasteiger partial charge in [-0.1, -0.05) is 0 Å². The van der Waals surface area contributed by atoms with Crippen LogP contribution in [0.1, 0.15) is 27.8 Å². The molecule has 1 aliphatic heterocycles. The summed E-state index contributed by atoms with van der Waals surface area (Å²) < 4.78 is 5.01. The van der Waals surface area contributed by atoms with Crippen LogP contribution in [0, 0.1) is 0 Å². The number of esters is 1. The lowest BCUT2D eigenvalue weighted by molar-refractivity contribution is -0.142. The fraction of sp³-hybridized carbons (Fsp3) is 0.421. The molecule has 26 heavy (non-hydrogen) atoms. The van der Waals surface area contributed by atoms with Crippen molar-refractivity contribution in [2.75, 3.05) is 13.2 Å². The normalized spacial score (nSPS) is 14.6. The smallest absolute Gasteiger partial charge is 0.311 e. The molecule has 3 heterocycles. The summed E-state index contributed by atoms with van der Waals surface area (Å²) in [5.41, 5.74) is 8.26. The molecule has 2 N–H and O–H groups in total. The number of pyridine rings is 1. The van der Waals surface area contributed by atoms with E-state index in [-0.39, 0.29) is 11.9 Å². The highest BCUT2D eigenvalue weighted by Crippen LogP contribution is 2.29. The fourth-order valence-corrected chi connectivity index (χ4v) is 4.27. The molecule has 0 aromatic carbocycles. The highest BCUT2D eigenvalue weighted by atomic mass is 32.1. The Bertz CT molecular complexity index is 776. The van der Waals surface area contributed by atoms with Crippen LogP contribution in [-0.4, -0.2) is 41.0 Å². The van der Waals surface area contributed by atoms with E-state index in [2.05, 4.69) is 4.98 Å².